The third-order valence-electron chi connectivity index (χ3n) is 1.24. The second-order valence-electron chi connectivity index (χ2n) is 1.82. The van der Waals surface area contributed by atoms with Gasteiger partial charge in [0.05, 0.1) is 15.7 Å². The highest BCUT2D eigenvalue weighted by atomic mass is 32.1. The Kier molecular flexibility index (Phi) is 2.36. The molecule has 1 heterocycles. The topological polar surface area (TPSA) is 12.9 Å². The normalized spacial score (nSPS) is 9.20. The van der Waals surface area contributed by atoms with Crippen LogP contribution >= 0.6 is 21.2 Å². The number of hydrogen-bond donors (Lipinski definition) is 0. The lowest BCUT2D eigenvalue weighted by Gasteiger charge is -1.80. The van der Waals surface area contributed by atoms with Gasteiger partial charge in [0.1, 0.15) is 0 Å². The Morgan fingerprint density at radius 1 is 1.20 bits per heavy atom. The maximum absolute atomic E-state index is 4.14. The average molecular weight is 169 g/mol. The van der Waals surface area contributed by atoms with E-state index in [4.69, 9.17) is 0 Å². The van der Waals surface area contributed by atoms with Crippen LogP contribution in [0.25, 0.3) is 10.2 Å². The van der Waals surface area contributed by atoms with E-state index < -0.39 is 0 Å². The molecule has 0 N–H and O–H groups in total. The summed E-state index contributed by atoms with van der Waals surface area (Å²) in [6, 6.07) is 8.13. The summed E-state index contributed by atoms with van der Waals surface area (Å²) >= 11 is 1.68. The van der Waals surface area contributed by atoms with Crippen molar-refractivity contribution in [3.05, 3.63) is 29.8 Å². The molecule has 0 fully saturated rings. The molecule has 1 unspecified atom stereocenters. The minimum atomic E-state index is 0. The first kappa shape index (κ1) is 7.64. The van der Waals surface area contributed by atoms with E-state index in [1.165, 1.54) is 4.70 Å². The van der Waals surface area contributed by atoms with E-state index in [2.05, 4.69) is 11.1 Å². The molecule has 0 spiro atoms. The molecule has 52 valence electrons. The molecular weight excluding hydrogens is 161 g/mol. The fourth-order valence-corrected chi connectivity index (χ4v) is 1.48. The van der Waals surface area contributed by atoms with Crippen LogP contribution in [-0.4, -0.2) is 4.98 Å². The van der Waals surface area contributed by atoms with E-state index in [0.717, 1.165) is 5.52 Å². The second kappa shape index (κ2) is 3.09. The highest BCUT2D eigenvalue weighted by molar-refractivity contribution is 7.16. The van der Waals surface area contributed by atoms with Crippen molar-refractivity contribution >= 4 is 31.5 Å². The van der Waals surface area contributed by atoms with Crippen molar-refractivity contribution in [1.29, 1.82) is 0 Å². The Hall–Kier alpha value is -0.460. The van der Waals surface area contributed by atoms with Gasteiger partial charge in [-0.2, -0.15) is 9.90 Å². The van der Waals surface area contributed by atoms with Crippen LogP contribution in [0.3, 0.4) is 0 Å². The van der Waals surface area contributed by atoms with Crippen molar-refractivity contribution < 1.29 is 0 Å². The fraction of sp³-hybridized carbons (Fsp3) is 0. The molecule has 1 aromatic heterocycles. The Bertz CT molecular complexity index is 288. The molecule has 1 aromatic carbocycles. The van der Waals surface area contributed by atoms with E-state index in [0.29, 0.717) is 0 Å². The Balaban J connectivity index is 0.000000500. The number of para-hydroxylation sites is 1. The summed E-state index contributed by atoms with van der Waals surface area (Å²) in [6.45, 7) is 0. The van der Waals surface area contributed by atoms with Gasteiger partial charge >= 0.3 is 0 Å². The van der Waals surface area contributed by atoms with Crippen molar-refractivity contribution in [2.45, 2.75) is 0 Å². The van der Waals surface area contributed by atoms with E-state index in [9.17, 15) is 0 Å². The number of rotatable bonds is 0. The lowest BCUT2D eigenvalue weighted by atomic mass is 10.3. The van der Waals surface area contributed by atoms with Gasteiger partial charge in [0.15, 0.2) is 0 Å². The third kappa shape index (κ3) is 1.18. The van der Waals surface area contributed by atoms with Crippen LogP contribution < -0.4 is 0 Å². The van der Waals surface area contributed by atoms with Crippen LogP contribution in [0.1, 0.15) is 0 Å². The summed E-state index contributed by atoms with van der Waals surface area (Å²) in [7, 11) is 0. The van der Waals surface area contributed by atoms with Gasteiger partial charge in [-0.1, -0.05) is 12.1 Å². The summed E-state index contributed by atoms with van der Waals surface area (Å²) in [4.78, 5) is 4.14. The third-order valence-corrected chi connectivity index (χ3v) is 2.05. The van der Waals surface area contributed by atoms with E-state index in [-0.39, 0.29) is 9.90 Å². The van der Waals surface area contributed by atoms with E-state index >= 15 is 0 Å². The van der Waals surface area contributed by atoms with Crippen molar-refractivity contribution in [3.63, 3.8) is 0 Å². The Morgan fingerprint density at radius 3 is 2.80 bits per heavy atom. The molecule has 0 bridgehead atoms. The minimum absolute atomic E-state index is 0. The summed E-state index contributed by atoms with van der Waals surface area (Å²) in [6.07, 6.45) is 0. The molecule has 1 atom stereocenters. The van der Waals surface area contributed by atoms with Crippen LogP contribution in [0.5, 0.6) is 0 Å². The number of fused-ring (bicyclic) bond motifs is 1. The SMILES string of the molecule is P.c1ccc2scnc2c1. The molecule has 0 aliphatic heterocycles. The predicted molar refractivity (Wildman–Crippen MR) is 50.7 cm³/mol. The maximum atomic E-state index is 4.14. The molecule has 0 aliphatic carbocycles. The number of benzene rings is 1. The molecule has 3 heteroatoms. The standard InChI is InChI=1S/C7H5NS.H3P/c1-2-4-7-6(3-1)8-5-9-7;/h1-5H;1H3. The molecule has 1 nitrogen and oxygen atoms in total. The average Bonchev–Trinajstić information content (AvgIpc) is 2.33. The molecule has 0 saturated carbocycles. The zero-order valence-electron chi connectivity index (χ0n) is 5.45. The zero-order valence-corrected chi connectivity index (χ0v) is 7.68. The molecule has 2 aromatic rings. The molecule has 0 aliphatic rings. The van der Waals surface area contributed by atoms with Gasteiger partial charge in [-0.25, -0.2) is 4.98 Å². The van der Waals surface area contributed by atoms with Crippen LogP contribution in [0.15, 0.2) is 29.8 Å². The molecular formula is C7H8NPS. The lowest BCUT2D eigenvalue weighted by Crippen LogP contribution is -1.61. The van der Waals surface area contributed by atoms with E-state index in [1.54, 1.807) is 11.3 Å². The Morgan fingerprint density at radius 2 is 2.00 bits per heavy atom. The maximum Gasteiger partial charge on any atom is 0.0812 e. The highest BCUT2D eigenvalue weighted by Gasteiger charge is 1.89. The first-order valence-electron chi connectivity index (χ1n) is 2.75. The quantitative estimate of drug-likeness (QED) is 0.551. The van der Waals surface area contributed by atoms with Crippen LogP contribution in [0.2, 0.25) is 0 Å². The van der Waals surface area contributed by atoms with Crippen molar-refractivity contribution in [3.8, 4) is 0 Å². The number of thiazole rings is 1. The van der Waals surface area contributed by atoms with Gasteiger partial charge in [-0.05, 0) is 12.1 Å². The first-order valence-corrected chi connectivity index (χ1v) is 3.63. The highest BCUT2D eigenvalue weighted by Crippen LogP contribution is 2.15. The van der Waals surface area contributed by atoms with Gasteiger partial charge in [0, 0.05) is 0 Å². The van der Waals surface area contributed by atoms with Gasteiger partial charge in [0.25, 0.3) is 0 Å². The molecule has 0 saturated heterocycles. The van der Waals surface area contributed by atoms with Gasteiger partial charge in [0.2, 0.25) is 0 Å². The number of hydrogen-bond acceptors (Lipinski definition) is 2. The first-order chi connectivity index (χ1) is 4.47. The van der Waals surface area contributed by atoms with E-state index in [1.807, 2.05) is 23.7 Å². The smallest absolute Gasteiger partial charge is 0.0812 e. The summed E-state index contributed by atoms with van der Waals surface area (Å²) < 4.78 is 1.26. The second-order valence-corrected chi connectivity index (χ2v) is 2.71. The monoisotopic (exact) mass is 169 g/mol. The van der Waals surface area contributed by atoms with Crippen LogP contribution in [-0.2, 0) is 0 Å². The minimum Gasteiger partial charge on any atom is -0.245 e. The lowest BCUT2D eigenvalue weighted by molar-refractivity contribution is 1.50. The number of nitrogens with zero attached hydrogens (tertiary/aromatic N) is 1. The van der Waals surface area contributed by atoms with Gasteiger partial charge in [-0.3, -0.25) is 0 Å². The van der Waals surface area contributed by atoms with Gasteiger partial charge in [-0.15, -0.1) is 11.3 Å². The largest absolute Gasteiger partial charge is 0.245 e. The van der Waals surface area contributed by atoms with Crippen molar-refractivity contribution in [1.82, 2.24) is 4.98 Å². The zero-order chi connectivity index (χ0) is 6.10. The molecule has 2 rings (SSSR count). The van der Waals surface area contributed by atoms with Crippen molar-refractivity contribution in [2.75, 3.05) is 0 Å². The molecule has 0 radical (unpaired) electrons. The fourth-order valence-electron chi connectivity index (χ4n) is 0.803. The summed E-state index contributed by atoms with van der Waals surface area (Å²) in [5.41, 5.74) is 2.97. The van der Waals surface area contributed by atoms with Crippen molar-refractivity contribution in [2.24, 2.45) is 0 Å². The summed E-state index contributed by atoms with van der Waals surface area (Å²) in [5.74, 6) is 0. The number of aromatic nitrogens is 1. The van der Waals surface area contributed by atoms with Crippen LogP contribution in [0, 0.1) is 0 Å². The van der Waals surface area contributed by atoms with Gasteiger partial charge < -0.3 is 0 Å². The van der Waals surface area contributed by atoms with Crippen LogP contribution in [0.4, 0.5) is 0 Å². The molecule has 0 amide bonds. The molecule has 10 heavy (non-hydrogen) atoms. The Labute approximate surface area is 66.7 Å². The predicted octanol–water partition coefficient (Wildman–Crippen LogP) is 2.35. The summed E-state index contributed by atoms with van der Waals surface area (Å²) in [5, 5.41) is 0.